The maximum atomic E-state index is 11.8. The highest BCUT2D eigenvalue weighted by Gasteiger charge is 2.12. The Morgan fingerprint density at radius 3 is 2.65 bits per heavy atom. The summed E-state index contributed by atoms with van der Waals surface area (Å²) in [5, 5.41) is 0. The standard InChI is InChI=1S/C15H16N2O3/c1-2-20-15(19)12-10-16-13(17-14(12)18)9-8-11-6-4-3-5-7-11/h3-7,10H,2,8-9H2,1H3,(H,16,17,18). The van der Waals surface area contributed by atoms with Crippen LogP contribution in [0, 0.1) is 0 Å². The molecule has 0 fully saturated rings. The highest BCUT2D eigenvalue weighted by molar-refractivity contribution is 5.88. The number of hydrogen-bond acceptors (Lipinski definition) is 4. The molecular weight excluding hydrogens is 256 g/mol. The van der Waals surface area contributed by atoms with Crippen LogP contribution in [0.4, 0.5) is 0 Å². The van der Waals surface area contributed by atoms with E-state index in [-0.39, 0.29) is 12.2 Å². The van der Waals surface area contributed by atoms with Crippen molar-refractivity contribution in [2.75, 3.05) is 6.61 Å². The third-order valence-electron chi connectivity index (χ3n) is 2.84. The summed E-state index contributed by atoms with van der Waals surface area (Å²) in [7, 11) is 0. The summed E-state index contributed by atoms with van der Waals surface area (Å²) in [5.41, 5.74) is 0.654. The van der Waals surface area contributed by atoms with Gasteiger partial charge in [-0.2, -0.15) is 0 Å². The van der Waals surface area contributed by atoms with Gasteiger partial charge in [-0.1, -0.05) is 30.3 Å². The van der Waals surface area contributed by atoms with Crippen molar-refractivity contribution in [3.63, 3.8) is 0 Å². The van der Waals surface area contributed by atoms with Crippen LogP contribution in [0.1, 0.15) is 28.7 Å². The molecule has 1 aromatic heterocycles. The lowest BCUT2D eigenvalue weighted by atomic mass is 10.1. The number of H-pyrrole nitrogens is 1. The molecule has 2 aromatic rings. The third kappa shape index (κ3) is 3.54. The minimum atomic E-state index is -0.643. The average Bonchev–Trinajstić information content (AvgIpc) is 2.46. The maximum absolute atomic E-state index is 11.8. The van der Waals surface area contributed by atoms with Crippen molar-refractivity contribution in [3.8, 4) is 0 Å². The molecule has 1 heterocycles. The lowest BCUT2D eigenvalue weighted by Crippen LogP contribution is -2.22. The Hall–Kier alpha value is -2.43. The molecule has 0 atom stereocenters. The van der Waals surface area contributed by atoms with E-state index in [1.54, 1.807) is 6.92 Å². The van der Waals surface area contributed by atoms with Crippen molar-refractivity contribution in [3.05, 3.63) is 63.8 Å². The number of carbonyl (C=O) groups excluding carboxylic acids is 1. The molecule has 0 aliphatic rings. The second-order valence-electron chi connectivity index (χ2n) is 4.28. The maximum Gasteiger partial charge on any atom is 0.345 e. The molecule has 5 nitrogen and oxygen atoms in total. The van der Waals surface area contributed by atoms with Gasteiger partial charge in [0, 0.05) is 12.6 Å². The molecule has 5 heteroatoms. The molecule has 0 aliphatic carbocycles. The predicted molar refractivity (Wildman–Crippen MR) is 74.7 cm³/mol. The largest absolute Gasteiger partial charge is 0.462 e. The summed E-state index contributed by atoms with van der Waals surface area (Å²) in [6, 6.07) is 9.93. The van der Waals surface area contributed by atoms with Gasteiger partial charge in [0.05, 0.1) is 6.61 Å². The Morgan fingerprint density at radius 2 is 2.00 bits per heavy atom. The van der Waals surface area contributed by atoms with Crippen LogP contribution in [0.25, 0.3) is 0 Å². The van der Waals surface area contributed by atoms with E-state index in [0.717, 1.165) is 6.42 Å². The molecule has 1 aromatic carbocycles. The number of hydrogen-bond donors (Lipinski definition) is 1. The fourth-order valence-corrected chi connectivity index (χ4v) is 1.82. The van der Waals surface area contributed by atoms with Gasteiger partial charge in [-0.25, -0.2) is 9.78 Å². The second-order valence-corrected chi connectivity index (χ2v) is 4.28. The summed E-state index contributed by atoms with van der Waals surface area (Å²) in [4.78, 5) is 30.0. The molecule has 0 saturated carbocycles. The van der Waals surface area contributed by atoms with Crippen molar-refractivity contribution < 1.29 is 9.53 Å². The molecule has 0 amide bonds. The van der Waals surface area contributed by atoms with E-state index in [1.165, 1.54) is 11.8 Å². The zero-order valence-corrected chi connectivity index (χ0v) is 11.3. The number of esters is 1. The number of aromatic amines is 1. The SMILES string of the molecule is CCOC(=O)c1cnc(CCc2ccccc2)[nH]c1=O. The van der Waals surface area contributed by atoms with Crippen LogP contribution in [-0.4, -0.2) is 22.5 Å². The number of nitrogens with zero attached hydrogens (tertiary/aromatic N) is 1. The van der Waals surface area contributed by atoms with Gasteiger partial charge in [0.25, 0.3) is 5.56 Å². The lowest BCUT2D eigenvalue weighted by molar-refractivity contribution is 0.0523. The summed E-state index contributed by atoms with van der Waals surface area (Å²) in [5.74, 6) is -0.0808. The van der Waals surface area contributed by atoms with Gasteiger partial charge >= 0.3 is 5.97 Å². The third-order valence-corrected chi connectivity index (χ3v) is 2.84. The Morgan fingerprint density at radius 1 is 1.25 bits per heavy atom. The van der Waals surface area contributed by atoms with E-state index < -0.39 is 11.5 Å². The average molecular weight is 272 g/mol. The molecule has 0 bridgehead atoms. The monoisotopic (exact) mass is 272 g/mol. The van der Waals surface area contributed by atoms with Crippen molar-refractivity contribution >= 4 is 5.97 Å². The molecule has 0 saturated heterocycles. The van der Waals surface area contributed by atoms with Gasteiger partial charge in [0.2, 0.25) is 0 Å². The highest BCUT2D eigenvalue weighted by Crippen LogP contribution is 2.03. The summed E-state index contributed by atoms with van der Waals surface area (Å²) in [6.07, 6.45) is 2.67. The number of aryl methyl sites for hydroxylation is 2. The molecule has 104 valence electrons. The van der Waals surface area contributed by atoms with Crippen molar-refractivity contribution in [2.45, 2.75) is 19.8 Å². The van der Waals surface area contributed by atoms with Crippen molar-refractivity contribution in [2.24, 2.45) is 0 Å². The topological polar surface area (TPSA) is 72.0 Å². The van der Waals surface area contributed by atoms with Crippen LogP contribution in [-0.2, 0) is 17.6 Å². The highest BCUT2D eigenvalue weighted by atomic mass is 16.5. The predicted octanol–water partition coefficient (Wildman–Crippen LogP) is 1.73. The van der Waals surface area contributed by atoms with Crippen LogP contribution in [0.5, 0.6) is 0 Å². The van der Waals surface area contributed by atoms with Gasteiger partial charge < -0.3 is 9.72 Å². The lowest BCUT2D eigenvalue weighted by Gasteiger charge is -2.03. The van der Waals surface area contributed by atoms with E-state index >= 15 is 0 Å². The first-order chi connectivity index (χ1) is 9.70. The van der Waals surface area contributed by atoms with Gasteiger partial charge in [0.1, 0.15) is 11.4 Å². The Labute approximate surface area is 116 Å². The number of benzene rings is 1. The normalized spacial score (nSPS) is 10.2. The molecule has 2 rings (SSSR count). The first-order valence-corrected chi connectivity index (χ1v) is 6.50. The van der Waals surface area contributed by atoms with Crippen LogP contribution in [0.15, 0.2) is 41.3 Å². The quantitative estimate of drug-likeness (QED) is 0.841. The molecular formula is C15H16N2O3. The van der Waals surface area contributed by atoms with Crippen LogP contribution < -0.4 is 5.56 Å². The Bertz CT molecular complexity index is 635. The van der Waals surface area contributed by atoms with Crippen LogP contribution >= 0.6 is 0 Å². The molecule has 20 heavy (non-hydrogen) atoms. The number of aromatic nitrogens is 2. The summed E-state index contributed by atoms with van der Waals surface area (Å²) < 4.78 is 4.78. The van der Waals surface area contributed by atoms with E-state index in [1.807, 2.05) is 30.3 Å². The van der Waals surface area contributed by atoms with Crippen LogP contribution in [0.3, 0.4) is 0 Å². The van der Waals surface area contributed by atoms with E-state index in [4.69, 9.17) is 4.74 Å². The zero-order valence-electron chi connectivity index (χ0n) is 11.3. The molecule has 0 radical (unpaired) electrons. The van der Waals surface area contributed by atoms with E-state index in [2.05, 4.69) is 9.97 Å². The molecule has 0 aliphatic heterocycles. The Kier molecular flexibility index (Phi) is 4.65. The minimum Gasteiger partial charge on any atom is -0.462 e. The Balaban J connectivity index is 2.06. The van der Waals surface area contributed by atoms with Gasteiger partial charge in [-0.15, -0.1) is 0 Å². The summed E-state index contributed by atoms with van der Waals surface area (Å²) in [6.45, 7) is 1.92. The number of rotatable bonds is 5. The minimum absolute atomic E-state index is 0.0599. The van der Waals surface area contributed by atoms with Crippen LogP contribution in [0.2, 0.25) is 0 Å². The zero-order chi connectivity index (χ0) is 14.4. The second kappa shape index (κ2) is 6.65. The first-order valence-electron chi connectivity index (χ1n) is 6.50. The summed E-state index contributed by atoms with van der Waals surface area (Å²) >= 11 is 0. The van der Waals surface area contributed by atoms with E-state index in [9.17, 15) is 9.59 Å². The fourth-order valence-electron chi connectivity index (χ4n) is 1.82. The van der Waals surface area contributed by atoms with Crippen molar-refractivity contribution in [1.29, 1.82) is 0 Å². The van der Waals surface area contributed by atoms with Gasteiger partial charge in [-0.05, 0) is 18.9 Å². The molecule has 0 unspecified atom stereocenters. The van der Waals surface area contributed by atoms with E-state index in [0.29, 0.717) is 12.2 Å². The van der Waals surface area contributed by atoms with Gasteiger partial charge in [-0.3, -0.25) is 4.79 Å². The molecule has 0 spiro atoms. The first kappa shape index (κ1) is 14.0. The van der Waals surface area contributed by atoms with Gasteiger partial charge in [0.15, 0.2) is 0 Å². The fraction of sp³-hybridized carbons (Fsp3) is 0.267. The smallest absolute Gasteiger partial charge is 0.345 e. The number of nitrogens with one attached hydrogen (secondary N) is 1. The number of ether oxygens (including phenoxy) is 1. The van der Waals surface area contributed by atoms with Crippen molar-refractivity contribution in [1.82, 2.24) is 9.97 Å². The number of carbonyl (C=O) groups is 1. The molecule has 1 N–H and O–H groups in total.